The maximum Gasteiger partial charge on any atom is 0.155 e. The number of nitrogens with zero attached hydrogens (tertiary/aromatic N) is 1. The van der Waals surface area contributed by atoms with Gasteiger partial charge in [-0.1, -0.05) is 6.07 Å². The summed E-state index contributed by atoms with van der Waals surface area (Å²) < 4.78 is 13.6. The molecule has 2 aliphatic rings. The quantitative estimate of drug-likeness (QED) is 0.729. The summed E-state index contributed by atoms with van der Waals surface area (Å²) >= 11 is 0. The minimum absolute atomic E-state index is 0.222. The molecule has 0 atom stereocenters. The lowest BCUT2D eigenvalue weighted by Crippen LogP contribution is -2.29. The molecule has 2 fully saturated rings. The van der Waals surface area contributed by atoms with Crippen LogP contribution in [-0.2, 0) is 0 Å². The molecule has 0 bridgehead atoms. The number of halogens is 1. The highest BCUT2D eigenvalue weighted by molar-refractivity contribution is 5.85. The fraction of sp³-hybridized carbons (Fsp3) is 0.500. The molecule has 0 saturated heterocycles. The van der Waals surface area contributed by atoms with Crippen LogP contribution in [0.5, 0.6) is 0 Å². The Bertz CT molecular complexity index is 438. The Morgan fingerprint density at radius 1 is 1.29 bits per heavy atom. The first kappa shape index (κ1) is 10.8. The van der Waals surface area contributed by atoms with Crippen molar-refractivity contribution in [2.45, 2.75) is 31.7 Å². The average molecular weight is 233 g/mol. The molecule has 2 aliphatic carbocycles. The summed E-state index contributed by atoms with van der Waals surface area (Å²) in [7, 11) is 0. The van der Waals surface area contributed by atoms with Crippen molar-refractivity contribution < 1.29 is 9.18 Å². The lowest BCUT2D eigenvalue weighted by molar-refractivity contribution is 0.112. The molecule has 1 aromatic carbocycles. The normalized spacial score (nSPS) is 19.1. The van der Waals surface area contributed by atoms with Gasteiger partial charge in [0, 0.05) is 12.6 Å². The third kappa shape index (κ3) is 2.19. The molecule has 0 amide bonds. The highest BCUT2D eigenvalue weighted by Crippen LogP contribution is 2.38. The fourth-order valence-electron chi connectivity index (χ4n) is 2.30. The number of rotatable bonds is 5. The highest BCUT2D eigenvalue weighted by atomic mass is 19.1. The van der Waals surface area contributed by atoms with Gasteiger partial charge < -0.3 is 4.90 Å². The summed E-state index contributed by atoms with van der Waals surface area (Å²) in [5, 5.41) is 0. The molecule has 2 saturated carbocycles. The van der Waals surface area contributed by atoms with Gasteiger partial charge in [-0.3, -0.25) is 4.79 Å². The van der Waals surface area contributed by atoms with E-state index in [1.165, 1.54) is 31.7 Å². The predicted octanol–water partition coefficient (Wildman–Crippen LogP) is 3.02. The van der Waals surface area contributed by atoms with Gasteiger partial charge >= 0.3 is 0 Å². The molecule has 2 nitrogen and oxygen atoms in total. The minimum Gasteiger partial charge on any atom is -0.368 e. The second kappa shape index (κ2) is 4.13. The molecule has 0 unspecified atom stereocenters. The predicted molar refractivity (Wildman–Crippen MR) is 64.9 cm³/mol. The Balaban J connectivity index is 1.93. The summed E-state index contributed by atoms with van der Waals surface area (Å²) in [6, 6.07) is 5.44. The monoisotopic (exact) mass is 233 g/mol. The summed E-state index contributed by atoms with van der Waals surface area (Å²) in [6.07, 6.45) is 5.53. The highest BCUT2D eigenvalue weighted by Gasteiger charge is 2.35. The second-order valence-corrected chi connectivity index (χ2v) is 5.12. The van der Waals surface area contributed by atoms with Gasteiger partial charge in [-0.25, -0.2) is 4.39 Å². The number of hydrogen-bond acceptors (Lipinski definition) is 2. The number of anilines is 1. The smallest absolute Gasteiger partial charge is 0.155 e. The maximum atomic E-state index is 13.6. The third-order valence-electron chi connectivity index (χ3n) is 3.60. The zero-order chi connectivity index (χ0) is 11.8. The van der Waals surface area contributed by atoms with E-state index in [4.69, 9.17) is 0 Å². The summed E-state index contributed by atoms with van der Waals surface area (Å²) in [4.78, 5) is 13.3. The lowest BCUT2D eigenvalue weighted by Gasteiger charge is -2.26. The number of aldehydes is 1. The van der Waals surface area contributed by atoms with Crippen molar-refractivity contribution >= 4 is 12.0 Å². The van der Waals surface area contributed by atoms with E-state index in [0.29, 0.717) is 12.3 Å². The van der Waals surface area contributed by atoms with Gasteiger partial charge in [0.25, 0.3) is 0 Å². The van der Waals surface area contributed by atoms with Crippen molar-refractivity contribution in [3.63, 3.8) is 0 Å². The van der Waals surface area contributed by atoms with Crippen LogP contribution in [0.15, 0.2) is 18.2 Å². The van der Waals surface area contributed by atoms with Gasteiger partial charge in [0.1, 0.15) is 5.82 Å². The Kier molecular flexibility index (Phi) is 2.61. The Labute approximate surface area is 100 Å². The molecule has 0 N–H and O–H groups in total. The molecule has 0 aromatic heterocycles. The van der Waals surface area contributed by atoms with Crippen molar-refractivity contribution in [1.82, 2.24) is 0 Å². The topological polar surface area (TPSA) is 20.3 Å². The Morgan fingerprint density at radius 2 is 2.06 bits per heavy atom. The van der Waals surface area contributed by atoms with Gasteiger partial charge in [0.15, 0.2) is 6.29 Å². The fourth-order valence-corrected chi connectivity index (χ4v) is 2.30. The summed E-state index contributed by atoms with van der Waals surface area (Å²) in [6.45, 7) is 0.981. The molecule has 1 aromatic rings. The molecule has 90 valence electrons. The van der Waals surface area contributed by atoms with Gasteiger partial charge in [0.2, 0.25) is 0 Å². The first-order valence-electron chi connectivity index (χ1n) is 6.30. The summed E-state index contributed by atoms with van der Waals surface area (Å²) in [5.74, 6) is 0.345. The van der Waals surface area contributed by atoms with Crippen LogP contribution < -0.4 is 4.90 Å². The number of carbonyl (C=O) groups is 1. The van der Waals surface area contributed by atoms with Crippen molar-refractivity contribution in [3.05, 3.63) is 29.6 Å². The van der Waals surface area contributed by atoms with Crippen LogP contribution >= 0.6 is 0 Å². The molecule has 3 rings (SSSR count). The molecule has 0 radical (unpaired) electrons. The van der Waals surface area contributed by atoms with Crippen LogP contribution in [0.25, 0.3) is 0 Å². The van der Waals surface area contributed by atoms with E-state index in [9.17, 15) is 9.18 Å². The van der Waals surface area contributed by atoms with Gasteiger partial charge in [-0.05, 0) is 43.7 Å². The van der Waals surface area contributed by atoms with Gasteiger partial charge in [-0.15, -0.1) is 0 Å². The van der Waals surface area contributed by atoms with E-state index in [1.54, 1.807) is 6.07 Å². The van der Waals surface area contributed by atoms with Crippen molar-refractivity contribution in [1.29, 1.82) is 0 Å². The molecule has 0 spiro atoms. The van der Waals surface area contributed by atoms with Gasteiger partial charge in [0.05, 0.1) is 11.3 Å². The van der Waals surface area contributed by atoms with Crippen molar-refractivity contribution in [2.75, 3.05) is 11.4 Å². The lowest BCUT2D eigenvalue weighted by atomic mass is 10.1. The first-order valence-corrected chi connectivity index (χ1v) is 6.30. The average Bonchev–Trinajstić information content (AvgIpc) is 3.17. The minimum atomic E-state index is -0.404. The van der Waals surface area contributed by atoms with E-state index < -0.39 is 5.82 Å². The molecule has 0 heterocycles. The Morgan fingerprint density at radius 3 is 2.65 bits per heavy atom. The van der Waals surface area contributed by atoms with Crippen LogP contribution in [0.1, 0.15) is 36.0 Å². The number of benzene rings is 1. The number of hydrogen-bond donors (Lipinski definition) is 0. The van der Waals surface area contributed by atoms with Crippen LogP contribution in [0.4, 0.5) is 10.1 Å². The zero-order valence-electron chi connectivity index (χ0n) is 9.73. The molecular weight excluding hydrogens is 217 g/mol. The van der Waals surface area contributed by atoms with E-state index in [0.717, 1.165) is 18.2 Å². The SMILES string of the molecule is O=Cc1c(F)cccc1N(CC1CC1)C1CC1. The second-order valence-electron chi connectivity index (χ2n) is 5.12. The van der Waals surface area contributed by atoms with Crippen molar-refractivity contribution in [2.24, 2.45) is 5.92 Å². The van der Waals surface area contributed by atoms with Crippen LogP contribution in [0.2, 0.25) is 0 Å². The van der Waals surface area contributed by atoms with E-state index in [2.05, 4.69) is 4.90 Å². The molecule has 17 heavy (non-hydrogen) atoms. The van der Waals surface area contributed by atoms with Crippen LogP contribution in [-0.4, -0.2) is 18.9 Å². The molecule has 3 heteroatoms. The molecule has 0 aliphatic heterocycles. The van der Waals surface area contributed by atoms with Gasteiger partial charge in [-0.2, -0.15) is 0 Å². The third-order valence-corrected chi connectivity index (χ3v) is 3.60. The van der Waals surface area contributed by atoms with E-state index in [1.807, 2.05) is 6.07 Å². The summed E-state index contributed by atoms with van der Waals surface area (Å²) in [5.41, 5.74) is 1.01. The van der Waals surface area contributed by atoms with Crippen LogP contribution in [0.3, 0.4) is 0 Å². The van der Waals surface area contributed by atoms with E-state index in [-0.39, 0.29) is 5.56 Å². The maximum absolute atomic E-state index is 13.6. The standard InChI is InChI=1S/C14H16FNO/c15-13-2-1-3-14(12(13)9-17)16(11-6-7-11)8-10-4-5-10/h1-3,9-11H,4-8H2. The first-order chi connectivity index (χ1) is 8.29. The zero-order valence-corrected chi connectivity index (χ0v) is 9.73. The van der Waals surface area contributed by atoms with Crippen LogP contribution in [0, 0.1) is 11.7 Å². The van der Waals surface area contributed by atoms with E-state index >= 15 is 0 Å². The largest absolute Gasteiger partial charge is 0.368 e. The number of carbonyl (C=O) groups excluding carboxylic acids is 1. The Hall–Kier alpha value is -1.38. The molecular formula is C14H16FNO. The van der Waals surface area contributed by atoms with Crippen molar-refractivity contribution in [3.8, 4) is 0 Å².